The zero-order chi connectivity index (χ0) is 13.8. The number of benzene rings is 1. The minimum Gasteiger partial charge on any atom is -0.391 e. The first-order valence-corrected chi connectivity index (χ1v) is 5.88. The second-order valence-corrected chi connectivity index (χ2v) is 4.71. The van der Waals surface area contributed by atoms with Gasteiger partial charge in [0.2, 0.25) is 0 Å². The number of aliphatic hydroxyl groups excluding tert-OH is 1. The van der Waals surface area contributed by atoms with Crippen LogP contribution in [-0.4, -0.2) is 22.9 Å². The minimum absolute atomic E-state index is 0.276. The summed E-state index contributed by atoms with van der Waals surface area (Å²) in [6.45, 7) is 4.94. The molecule has 0 aliphatic heterocycles. The highest BCUT2D eigenvalue weighted by molar-refractivity contribution is 5.21. The van der Waals surface area contributed by atoms with Gasteiger partial charge in [-0.1, -0.05) is 12.1 Å². The van der Waals surface area contributed by atoms with E-state index in [9.17, 15) is 14.8 Å². The van der Waals surface area contributed by atoms with Gasteiger partial charge in [0, 0.05) is 6.42 Å². The van der Waals surface area contributed by atoms with Gasteiger partial charge in [-0.05, 0) is 38.5 Å². The molecule has 98 valence electrons. The second-order valence-electron chi connectivity index (χ2n) is 4.71. The van der Waals surface area contributed by atoms with Gasteiger partial charge in [0.25, 0.3) is 0 Å². The van der Waals surface area contributed by atoms with Crippen LogP contribution in [0.1, 0.15) is 26.3 Å². The van der Waals surface area contributed by atoms with E-state index in [1.807, 2.05) is 0 Å². The number of rotatable bonds is 5. The molecule has 0 aliphatic rings. The van der Waals surface area contributed by atoms with Crippen molar-refractivity contribution in [3.05, 3.63) is 35.6 Å². The first-order valence-electron chi connectivity index (χ1n) is 5.88. The Balaban J connectivity index is 2.80. The summed E-state index contributed by atoms with van der Waals surface area (Å²) in [6.07, 6.45) is -0.841. The Morgan fingerprint density at radius 1 is 1.50 bits per heavy atom. The van der Waals surface area contributed by atoms with E-state index in [0.29, 0.717) is 5.56 Å². The van der Waals surface area contributed by atoms with Crippen LogP contribution < -0.4 is 0 Å². The maximum Gasteiger partial charge on any atom is 0.155 e. The van der Waals surface area contributed by atoms with Crippen molar-refractivity contribution in [3.63, 3.8) is 0 Å². The van der Waals surface area contributed by atoms with E-state index in [2.05, 4.69) is 6.07 Å². The third-order valence-corrected chi connectivity index (χ3v) is 2.79. The standard InChI is InChI=1S/C14H18FNO2/c1-10(17)11(2)18-14(3,9-16)8-12-5-4-6-13(15)7-12/h4-7,10-11,17H,8H2,1-3H3. The highest BCUT2D eigenvalue weighted by Gasteiger charge is 2.29. The van der Waals surface area contributed by atoms with Gasteiger partial charge in [-0.15, -0.1) is 0 Å². The molecule has 4 heteroatoms. The number of nitriles is 1. The van der Waals surface area contributed by atoms with Crippen molar-refractivity contribution >= 4 is 0 Å². The third kappa shape index (κ3) is 4.10. The molecule has 1 aromatic rings. The van der Waals surface area contributed by atoms with Crippen LogP contribution in [0.15, 0.2) is 24.3 Å². The third-order valence-electron chi connectivity index (χ3n) is 2.79. The van der Waals surface area contributed by atoms with Crippen LogP contribution in [0.3, 0.4) is 0 Å². The predicted octanol–water partition coefficient (Wildman–Crippen LogP) is 2.44. The Labute approximate surface area is 107 Å². The van der Waals surface area contributed by atoms with Crippen LogP contribution in [0, 0.1) is 17.1 Å². The highest BCUT2D eigenvalue weighted by Crippen LogP contribution is 2.20. The van der Waals surface area contributed by atoms with Gasteiger partial charge < -0.3 is 9.84 Å². The smallest absolute Gasteiger partial charge is 0.155 e. The van der Waals surface area contributed by atoms with Gasteiger partial charge >= 0.3 is 0 Å². The Bertz CT molecular complexity index is 442. The summed E-state index contributed by atoms with van der Waals surface area (Å²) in [5.74, 6) is -0.337. The molecule has 3 nitrogen and oxygen atoms in total. The molecule has 3 atom stereocenters. The van der Waals surface area contributed by atoms with E-state index in [1.54, 1.807) is 32.9 Å². The van der Waals surface area contributed by atoms with E-state index < -0.39 is 17.8 Å². The van der Waals surface area contributed by atoms with Crippen LogP contribution in [-0.2, 0) is 11.2 Å². The van der Waals surface area contributed by atoms with E-state index in [0.717, 1.165) is 0 Å². The van der Waals surface area contributed by atoms with Crippen LogP contribution in [0.5, 0.6) is 0 Å². The first-order chi connectivity index (χ1) is 8.36. The molecule has 0 saturated carbocycles. The van der Waals surface area contributed by atoms with Gasteiger partial charge in [0.05, 0.1) is 18.3 Å². The highest BCUT2D eigenvalue weighted by atomic mass is 19.1. The molecule has 0 radical (unpaired) electrons. The van der Waals surface area contributed by atoms with Crippen LogP contribution >= 0.6 is 0 Å². The fraction of sp³-hybridized carbons (Fsp3) is 0.500. The Hall–Kier alpha value is -1.44. The van der Waals surface area contributed by atoms with Crippen molar-refractivity contribution in [2.75, 3.05) is 0 Å². The molecule has 18 heavy (non-hydrogen) atoms. The lowest BCUT2D eigenvalue weighted by atomic mass is 9.97. The molecule has 0 saturated heterocycles. The molecule has 1 rings (SSSR count). The second kappa shape index (κ2) is 5.94. The zero-order valence-electron chi connectivity index (χ0n) is 10.9. The average molecular weight is 251 g/mol. The van der Waals surface area contributed by atoms with Crippen molar-refractivity contribution in [1.29, 1.82) is 5.26 Å². The average Bonchev–Trinajstić information content (AvgIpc) is 2.28. The number of aliphatic hydroxyl groups is 1. The maximum atomic E-state index is 13.1. The Morgan fingerprint density at radius 2 is 2.17 bits per heavy atom. The fourth-order valence-corrected chi connectivity index (χ4v) is 1.65. The van der Waals surface area contributed by atoms with Gasteiger partial charge in [-0.25, -0.2) is 4.39 Å². The molecule has 0 aliphatic carbocycles. The lowest BCUT2D eigenvalue weighted by Crippen LogP contribution is -2.37. The summed E-state index contributed by atoms with van der Waals surface area (Å²) in [5, 5.41) is 18.6. The summed E-state index contributed by atoms with van der Waals surface area (Å²) in [4.78, 5) is 0. The normalized spacial score (nSPS) is 17.6. The number of hydrogen-bond donors (Lipinski definition) is 1. The maximum absolute atomic E-state index is 13.1. The summed E-state index contributed by atoms with van der Waals surface area (Å²) in [5.41, 5.74) is -0.388. The molecule has 0 amide bonds. The summed E-state index contributed by atoms with van der Waals surface area (Å²) >= 11 is 0. The van der Waals surface area contributed by atoms with Crippen molar-refractivity contribution in [2.45, 2.75) is 45.0 Å². The van der Waals surface area contributed by atoms with Crippen LogP contribution in [0.25, 0.3) is 0 Å². The number of halogens is 1. The lowest BCUT2D eigenvalue weighted by molar-refractivity contribution is -0.0868. The van der Waals surface area contributed by atoms with Crippen molar-refractivity contribution in [3.8, 4) is 6.07 Å². The molecule has 0 fully saturated rings. The topological polar surface area (TPSA) is 53.2 Å². The van der Waals surface area contributed by atoms with Crippen LogP contribution in [0.2, 0.25) is 0 Å². The lowest BCUT2D eigenvalue weighted by Gasteiger charge is -2.28. The van der Waals surface area contributed by atoms with Crippen molar-refractivity contribution in [2.24, 2.45) is 0 Å². The molecule has 0 aromatic heterocycles. The van der Waals surface area contributed by atoms with E-state index in [-0.39, 0.29) is 12.2 Å². The zero-order valence-corrected chi connectivity index (χ0v) is 10.9. The van der Waals surface area contributed by atoms with Gasteiger partial charge in [-0.2, -0.15) is 5.26 Å². The van der Waals surface area contributed by atoms with E-state index in [1.165, 1.54) is 12.1 Å². The molecule has 0 bridgehead atoms. The summed E-state index contributed by atoms with van der Waals surface area (Å²) in [6, 6.07) is 8.15. The SMILES string of the molecule is CC(O)C(C)OC(C)(C#N)Cc1cccc(F)c1. The Morgan fingerprint density at radius 3 is 2.67 bits per heavy atom. The molecule has 1 N–H and O–H groups in total. The molecule has 0 spiro atoms. The number of ether oxygens (including phenoxy) is 1. The summed E-state index contributed by atoms with van der Waals surface area (Å²) < 4.78 is 18.6. The molecular formula is C14H18FNO2. The van der Waals surface area contributed by atoms with Gasteiger partial charge in [0.1, 0.15) is 5.82 Å². The minimum atomic E-state index is -1.08. The monoisotopic (exact) mass is 251 g/mol. The Kier molecular flexibility index (Phi) is 4.83. The first kappa shape index (κ1) is 14.6. The molecule has 3 unspecified atom stereocenters. The van der Waals surface area contributed by atoms with Crippen molar-refractivity contribution in [1.82, 2.24) is 0 Å². The quantitative estimate of drug-likeness (QED) is 0.874. The van der Waals surface area contributed by atoms with Crippen molar-refractivity contribution < 1.29 is 14.2 Å². The molecule has 0 heterocycles. The summed E-state index contributed by atoms with van der Waals surface area (Å²) in [7, 11) is 0. The molecular weight excluding hydrogens is 233 g/mol. The predicted molar refractivity (Wildman–Crippen MR) is 66.3 cm³/mol. The molecule has 1 aromatic carbocycles. The fourth-order valence-electron chi connectivity index (χ4n) is 1.65. The largest absolute Gasteiger partial charge is 0.391 e. The number of nitrogens with zero attached hydrogens (tertiary/aromatic N) is 1. The number of hydrogen-bond acceptors (Lipinski definition) is 3. The van der Waals surface area contributed by atoms with Gasteiger partial charge in [-0.3, -0.25) is 0 Å². The van der Waals surface area contributed by atoms with Crippen LogP contribution in [0.4, 0.5) is 4.39 Å². The van der Waals surface area contributed by atoms with E-state index >= 15 is 0 Å². The van der Waals surface area contributed by atoms with E-state index in [4.69, 9.17) is 4.74 Å². The van der Waals surface area contributed by atoms with Gasteiger partial charge in [0.15, 0.2) is 5.60 Å².